The van der Waals surface area contributed by atoms with E-state index in [1.165, 1.54) is 11.0 Å². The van der Waals surface area contributed by atoms with E-state index in [4.69, 9.17) is 18.0 Å². The number of amides is 1. The fourth-order valence-corrected chi connectivity index (χ4v) is 1.40. The van der Waals surface area contributed by atoms with Gasteiger partial charge in [-0.05, 0) is 19.1 Å². The minimum atomic E-state index is -0.274. The first-order chi connectivity index (χ1) is 9.11. The molecule has 9 heteroatoms. The Kier molecular flexibility index (Phi) is 3.76. The van der Waals surface area contributed by atoms with Gasteiger partial charge in [0.1, 0.15) is 11.3 Å². The van der Waals surface area contributed by atoms with E-state index in [2.05, 4.69) is 25.6 Å². The van der Waals surface area contributed by atoms with Crippen molar-refractivity contribution in [1.29, 1.82) is 0 Å². The maximum Gasteiger partial charge on any atom is 0.271 e. The number of rotatable bonds is 4. The van der Waals surface area contributed by atoms with Crippen LogP contribution in [0.2, 0.25) is 0 Å². The van der Waals surface area contributed by atoms with Crippen molar-refractivity contribution in [2.75, 3.05) is 6.54 Å². The summed E-state index contributed by atoms with van der Waals surface area (Å²) in [7, 11) is 0. The Labute approximate surface area is 114 Å². The predicted molar refractivity (Wildman–Crippen MR) is 70.8 cm³/mol. The van der Waals surface area contributed by atoms with Crippen molar-refractivity contribution in [2.24, 2.45) is 5.73 Å². The fourth-order valence-electron chi connectivity index (χ4n) is 1.31. The van der Waals surface area contributed by atoms with Crippen LogP contribution < -0.4 is 11.1 Å². The molecule has 0 aromatic carbocycles. The van der Waals surface area contributed by atoms with Gasteiger partial charge in [-0.15, -0.1) is 15.3 Å². The van der Waals surface area contributed by atoms with Crippen LogP contribution in [0, 0.1) is 0 Å². The van der Waals surface area contributed by atoms with E-state index in [9.17, 15) is 4.79 Å². The Morgan fingerprint density at radius 3 is 2.79 bits per heavy atom. The highest BCUT2D eigenvalue weighted by Crippen LogP contribution is 2.02. The molecule has 2 heterocycles. The summed E-state index contributed by atoms with van der Waals surface area (Å²) < 4.78 is 1.38. The first kappa shape index (κ1) is 13.0. The lowest BCUT2D eigenvalue weighted by Gasteiger charge is -2.01. The smallest absolute Gasteiger partial charge is 0.271 e. The van der Waals surface area contributed by atoms with E-state index in [1.807, 2.05) is 6.92 Å². The van der Waals surface area contributed by atoms with E-state index < -0.39 is 0 Å². The number of thiocarbonyl (C=S) groups is 1. The van der Waals surface area contributed by atoms with Crippen molar-refractivity contribution in [3.63, 3.8) is 0 Å². The molecule has 8 nitrogen and oxygen atoms in total. The van der Waals surface area contributed by atoms with Crippen molar-refractivity contribution < 1.29 is 4.79 Å². The maximum atomic E-state index is 11.5. The molecule has 0 atom stereocenters. The van der Waals surface area contributed by atoms with Gasteiger partial charge in [0.25, 0.3) is 5.91 Å². The molecule has 0 saturated carbocycles. The number of carbonyl (C=O) groups excluding carboxylic acids is 1. The highest BCUT2D eigenvalue weighted by Gasteiger charge is 2.09. The summed E-state index contributed by atoms with van der Waals surface area (Å²) in [6.45, 7) is 2.36. The molecule has 2 rings (SSSR count). The normalized spacial score (nSPS) is 10.2. The predicted octanol–water partition coefficient (Wildman–Crippen LogP) is -0.559. The third-order valence-corrected chi connectivity index (χ3v) is 2.35. The summed E-state index contributed by atoms with van der Waals surface area (Å²) in [5.74, 6) is 0.400. The van der Waals surface area contributed by atoms with Crippen LogP contribution in [-0.4, -0.2) is 42.4 Å². The number of nitrogens with two attached hydrogens (primary N) is 1. The summed E-state index contributed by atoms with van der Waals surface area (Å²) in [6.07, 6.45) is 1.42. The lowest BCUT2D eigenvalue weighted by molar-refractivity contribution is 0.0950. The van der Waals surface area contributed by atoms with Gasteiger partial charge in [0.15, 0.2) is 11.5 Å². The first-order valence-electron chi connectivity index (χ1n) is 5.45. The molecule has 1 amide bonds. The summed E-state index contributed by atoms with van der Waals surface area (Å²) >= 11 is 4.76. The van der Waals surface area contributed by atoms with Gasteiger partial charge in [-0.1, -0.05) is 12.2 Å². The molecule has 0 unspecified atom stereocenters. The zero-order valence-electron chi connectivity index (χ0n) is 10.1. The van der Waals surface area contributed by atoms with Crippen LogP contribution >= 0.6 is 12.2 Å². The molecule has 0 aliphatic carbocycles. The van der Waals surface area contributed by atoms with Crippen molar-refractivity contribution in [2.45, 2.75) is 6.92 Å². The molecular weight excluding hydrogens is 266 g/mol. The summed E-state index contributed by atoms with van der Waals surface area (Å²) in [6, 6.07) is 3.16. The summed E-state index contributed by atoms with van der Waals surface area (Å²) in [5.41, 5.74) is 5.64. The minimum Gasteiger partial charge on any atom is -0.387 e. The molecule has 0 aliphatic heterocycles. The number of aromatic nitrogens is 5. The Morgan fingerprint density at radius 2 is 2.26 bits per heavy atom. The largest absolute Gasteiger partial charge is 0.387 e. The van der Waals surface area contributed by atoms with Crippen LogP contribution in [0.4, 0.5) is 0 Å². The zero-order chi connectivity index (χ0) is 13.8. The SMILES string of the molecule is CCNC(=O)c1ccc(-n2cnc(C(N)=S)n2)nn1. The molecule has 2 aromatic rings. The average Bonchev–Trinajstić information content (AvgIpc) is 2.89. The third-order valence-electron chi connectivity index (χ3n) is 2.17. The second-order valence-electron chi connectivity index (χ2n) is 3.51. The van der Waals surface area contributed by atoms with Gasteiger partial charge in [0.2, 0.25) is 5.82 Å². The zero-order valence-corrected chi connectivity index (χ0v) is 10.9. The first-order valence-corrected chi connectivity index (χ1v) is 5.86. The fraction of sp³-hybridized carbons (Fsp3) is 0.200. The van der Waals surface area contributed by atoms with Gasteiger partial charge in [0, 0.05) is 6.54 Å². The van der Waals surface area contributed by atoms with Gasteiger partial charge in [-0.3, -0.25) is 4.79 Å². The van der Waals surface area contributed by atoms with Crippen LogP contribution in [0.25, 0.3) is 5.82 Å². The van der Waals surface area contributed by atoms with Crippen molar-refractivity contribution in [1.82, 2.24) is 30.3 Å². The topological polar surface area (TPSA) is 112 Å². The quantitative estimate of drug-likeness (QED) is 0.720. The molecule has 0 radical (unpaired) electrons. The van der Waals surface area contributed by atoms with Crippen LogP contribution in [-0.2, 0) is 0 Å². The molecule has 98 valence electrons. The lowest BCUT2D eigenvalue weighted by Crippen LogP contribution is -2.24. The van der Waals surface area contributed by atoms with E-state index in [-0.39, 0.29) is 22.4 Å². The molecule has 3 N–H and O–H groups in total. The maximum absolute atomic E-state index is 11.5. The van der Waals surface area contributed by atoms with E-state index in [0.29, 0.717) is 12.4 Å². The second kappa shape index (κ2) is 5.48. The minimum absolute atomic E-state index is 0.102. The molecule has 2 aromatic heterocycles. The number of hydrogen-bond donors (Lipinski definition) is 2. The molecular formula is C10H11N7OS. The van der Waals surface area contributed by atoms with Crippen LogP contribution in [0.1, 0.15) is 23.2 Å². The van der Waals surface area contributed by atoms with Crippen LogP contribution in [0.15, 0.2) is 18.5 Å². The highest BCUT2D eigenvalue weighted by molar-refractivity contribution is 7.80. The van der Waals surface area contributed by atoms with Crippen molar-refractivity contribution in [3.05, 3.63) is 30.0 Å². The monoisotopic (exact) mass is 277 g/mol. The standard InChI is InChI=1S/C10H11N7OS/c1-2-12-10(18)6-3-4-7(15-14-6)17-5-13-9(16-17)8(11)19/h3-5H,2H2,1H3,(H2,11,19)(H,12,18). The van der Waals surface area contributed by atoms with E-state index in [0.717, 1.165) is 0 Å². The number of carbonyl (C=O) groups is 1. The Morgan fingerprint density at radius 1 is 1.47 bits per heavy atom. The molecule has 0 spiro atoms. The second-order valence-corrected chi connectivity index (χ2v) is 3.95. The Hall–Kier alpha value is -2.42. The number of hydrogen-bond acceptors (Lipinski definition) is 6. The van der Waals surface area contributed by atoms with Gasteiger partial charge in [-0.2, -0.15) is 0 Å². The number of nitrogens with zero attached hydrogens (tertiary/aromatic N) is 5. The Bertz CT molecular complexity index is 607. The van der Waals surface area contributed by atoms with E-state index >= 15 is 0 Å². The molecule has 19 heavy (non-hydrogen) atoms. The van der Waals surface area contributed by atoms with Crippen molar-refractivity contribution in [3.8, 4) is 5.82 Å². The molecule has 0 aliphatic rings. The van der Waals surface area contributed by atoms with Crippen molar-refractivity contribution >= 4 is 23.1 Å². The highest BCUT2D eigenvalue weighted by atomic mass is 32.1. The number of nitrogens with one attached hydrogen (secondary N) is 1. The molecule has 0 fully saturated rings. The molecule has 0 saturated heterocycles. The van der Waals surface area contributed by atoms with Gasteiger partial charge in [0.05, 0.1) is 0 Å². The van der Waals surface area contributed by atoms with Gasteiger partial charge < -0.3 is 11.1 Å². The van der Waals surface area contributed by atoms with Gasteiger partial charge >= 0.3 is 0 Å². The van der Waals surface area contributed by atoms with Gasteiger partial charge in [-0.25, -0.2) is 9.67 Å². The average molecular weight is 277 g/mol. The van der Waals surface area contributed by atoms with E-state index in [1.54, 1.807) is 12.1 Å². The van der Waals surface area contributed by atoms with Crippen LogP contribution in [0.5, 0.6) is 0 Å². The Balaban J connectivity index is 2.22. The third kappa shape index (κ3) is 2.88. The summed E-state index contributed by atoms with van der Waals surface area (Å²) in [4.78, 5) is 15.5. The molecule has 0 bridgehead atoms. The lowest BCUT2D eigenvalue weighted by atomic mass is 10.3. The summed E-state index contributed by atoms with van der Waals surface area (Å²) in [5, 5.41) is 14.4. The van der Waals surface area contributed by atoms with Crippen LogP contribution in [0.3, 0.4) is 0 Å².